The average Bonchev–Trinajstić information content (AvgIpc) is 2.48. The monoisotopic (exact) mass is 280 g/mol. The number of fused-ring (bicyclic) bond motifs is 1. The Morgan fingerprint density at radius 1 is 1.10 bits per heavy atom. The summed E-state index contributed by atoms with van der Waals surface area (Å²) in [5, 5.41) is 11.3. The van der Waals surface area contributed by atoms with Crippen LogP contribution < -0.4 is 0 Å². The molecule has 0 saturated carbocycles. The van der Waals surface area contributed by atoms with E-state index in [0.29, 0.717) is 12.3 Å². The Balaban J connectivity index is 1.97. The topological polar surface area (TPSA) is 20.2 Å². The minimum Gasteiger partial charge on any atom is -0.385 e. The first-order valence-electron chi connectivity index (χ1n) is 7.87. The summed E-state index contributed by atoms with van der Waals surface area (Å²) in [5.74, 6) is 0.543. The summed E-state index contributed by atoms with van der Waals surface area (Å²) in [6.07, 6.45) is 2.61. The van der Waals surface area contributed by atoms with E-state index in [2.05, 4.69) is 57.2 Å². The normalized spacial score (nSPS) is 24.7. The highest BCUT2D eigenvalue weighted by Crippen LogP contribution is 2.42. The van der Waals surface area contributed by atoms with Gasteiger partial charge >= 0.3 is 0 Å². The van der Waals surface area contributed by atoms with Gasteiger partial charge in [-0.25, -0.2) is 0 Å². The van der Waals surface area contributed by atoms with E-state index in [9.17, 15) is 5.11 Å². The maximum atomic E-state index is 11.3. The Morgan fingerprint density at radius 3 is 2.62 bits per heavy atom. The molecule has 21 heavy (non-hydrogen) atoms. The molecule has 1 aliphatic carbocycles. The van der Waals surface area contributed by atoms with Crippen molar-refractivity contribution in [1.82, 2.24) is 0 Å². The van der Waals surface area contributed by atoms with Crippen molar-refractivity contribution in [2.24, 2.45) is 0 Å². The summed E-state index contributed by atoms with van der Waals surface area (Å²) < 4.78 is 0. The van der Waals surface area contributed by atoms with Crippen molar-refractivity contribution in [3.63, 3.8) is 0 Å². The largest absolute Gasteiger partial charge is 0.385 e. The second kappa shape index (κ2) is 5.31. The van der Waals surface area contributed by atoms with E-state index in [1.165, 1.54) is 22.3 Å². The fraction of sp³-hybridized carbons (Fsp3) is 0.400. The molecule has 0 aromatic heterocycles. The summed E-state index contributed by atoms with van der Waals surface area (Å²) in [4.78, 5) is 0. The van der Waals surface area contributed by atoms with Gasteiger partial charge in [-0.1, -0.05) is 49.4 Å². The molecule has 1 aliphatic rings. The molecule has 2 unspecified atom stereocenters. The minimum atomic E-state index is -0.717. The first-order chi connectivity index (χ1) is 9.99. The molecule has 0 amide bonds. The Kier molecular flexibility index (Phi) is 3.62. The van der Waals surface area contributed by atoms with Gasteiger partial charge in [0.2, 0.25) is 0 Å². The molecule has 0 heterocycles. The maximum absolute atomic E-state index is 11.3. The maximum Gasteiger partial charge on any atom is 0.0939 e. The molecule has 0 saturated heterocycles. The predicted molar refractivity (Wildman–Crippen MR) is 87.6 cm³/mol. The lowest BCUT2D eigenvalue weighted by Crippen LogP contribution is -2.34. The Labute approximate surface area is 127 Å². The first kappa shape index (κ1) is 14.3. The third-order valence-corrected chi connectivity index (χ3v) is 5.05. The van der Waals surface area contributed by atoms with Crippen LogP contribution in [0.3, 0.4) is 0 Å². The molecule has 2 atom stereocenters. The van der Waals surface area contributed by atoms with Gasteiger partial charge in [0, 0.05) is 6.42 Å². The first-order valence-corrected chi connectivity index (χ1v) is 7.87. The van der Waals surface area contributed by atoms with E-state index in [-0.39, 0.29) is 0 Å². The van der Waals surface area contributed by atoms with Crippen LogP contribution in [0, 0.1) is 13.8 Å². The van der Waals surface area contributed by atoms with Crippen LogP contribution in [-0.2, 0) is 12.0 Å². The summed E-state index contributed by atoms with van der Waals surface area (Å²) in [6.45, 7) is 6.53. The molecule has 1 nitrogen and oxygen atoms in total. The molecule has 3 rings (SSSR count). The molecule has 2 aromatic rings. The standard InChI is InChI=1S/C20H24O/c1-14-8-9-17(12-16(14)3)13-20(21)11-10-15(2)18-6-4-5-7-19(18)20/h4-9,12,15,21H,10-11,13H2,1-3H3. The van der Waals surface area contributed by atoms with Gasteiger partial charge in [-0.05, 0) is 60.4 Å². The van der Waals surface area contributed by atoms with Crippen LogP contribution in [0.25, 0.3) is 0 Å². The number of aliphatic hydroxyl groups is 1. The van der Waals surface area contributed by atoms with Crippen molar-refractivity contribution in [1.29, 1.82) is 0 Å². The lowest BCUT2D eigenvalue weighted by atomic mass is 9.72. The van der Waals surface area contributed by atoms with E-state index in [1.807, 2.05) is 6.07 Å². The van der Waals surface area contributed by atoms with Crippen LogP contribution in [0.5, 0.6) is 0 Å². The van der Waals surface area contributed by atoms with E-state index in [1.54, 1.807) is 0 Å². The SMILES string of the molecule is Cc1ccc(CC2(O)CCC(C)c3ccccc32)cc1C. The lowest BCUT2D eigenvalue weighted by Gasteiger charge is -2.37. The van der Waals surface area contributed by atoms with Gasteiger partial charge in [0.15, 0.2) is 0 Å². The lowest BCUT2D eigenvalue weighted by molar-refractivity contribution is 0.0159. The highest BCUT2D eigenvalue weighted by atomic mass is 16.3. The second-order valence-electron chi connectivity index (χ2n) is 6.65. The molecule has 2 aromatic carbocycles. The number of rotatable bonds is 2. The molecular weight excluding hydrogens is 256 g/mol. The van der Waals surface area contributed by atoms with Crippen LogP contribution in [0.2, 0.25) is 0 Å². The number of hydrogen-bond acceptors (Lipinski definition) is 1. The number of hydrogen-bond donors (Lipinski definition) is 1. The predicted octanol–water partition coefficient (Wildman–Crippen LogP) is 4.63. The van der Waals surface area contributed by atoms with Crippen LogP contribution in [-0.4, -0.2) is 5.11 Å². The molecule has 0 spiro atoms. The van der Waals surface area contributed by atoms with Gasteiger partial charge in [0.05, 0.1) is 5.60 Å². The summed E-state index contributed by atoms with van der Waals surface area (Å²) in [5.41, 5.74) is 5.56. The smallest absolute Gasteiger partial charge is 0.0939 e. The fourth-order valence-corrected chi connectivity index (χ4v) is 3.53. The van der Waals surface area contributed by atoms with Gasteiger partial charge in [-0.3, -0.25) is 0 Å². The quantitative estimate of drug-likeness (QED) is 0.850. The third kappa shape index (κ3) is 2.63. The zero-order valence-corrected chi connectivity index (χ0v) is 13.2. The average molecular weight is 280 g/mol. The van der Waals surface area contributed by atoms with Crippen molar-refractivity contribution in [3.05, 3.63) is 70.3 Å². The van der Waals surface area contributed by atoms with E-state index in [0.717, 1.165) is 18.4 Å². The van der Waals surface area contributed by atoms with Crippen molar-refractivity contribution in [3.8, 4) is 0 Å². The summed E-state index contributed by atoms with van der Waals surface area (Å²) >= 11 is 0. The van der Waals surface area contributed by atoms with Gasteiger partial charge in [-0.15, -0.1) is 0 Å². The summed E-state index contributed by atoms with van der Waals surface area (Å²) in [7, 11) is 0. The van der Waals surface area contributed by atoms with Gasteiger partial charge in [0.25, 0.3) is 0 Å². The van der Waals surface area contributed by atoms with Gasteiger partial charge in [0.1, 0.15) is 0 Å². The molecular formula is C20H24O. The van der Waals surface area contributed by atoms with Crippen molar-refractivity contribution >= 4 is 0 Å². The molecule has 0 aliphatic heterocycles. The zero-order valence-electron chi connectivity index (χ0n) is 13.2. The van der Waals surface area contributed by atoms with Crippen molar-refractivity contribution in [2.75, 3.05) is 0 Å². The Hall–Kier alpha value is -1.60. The van der Waals surface area contributed by atoms with Crippen LogP contribution in [0.15, 0.2) is 42.5 Å². The van der Waals surface area contributed by atoms with Crippen LogP contribution in [0.1, 0.15) is 53.5 Å². The third-order valence-electron chi connectivity index (χ3n) is 5.05. The highest BCUT2D eigenvalue weighted by Gasteiger charge is 2.36. The highest BCUT2D eigenvalue weighted by molar-refractivity contribution is 5.39. The van der Waals surface area contributed by atoms with E-state index < -0.39 is 5.60 Å². The zero-order chi connectivity index (χ0) is 15.0. The van der Waals surface area contributed by atoms with Crippen molar-refractivity contribution < 1.29 is 5.11 Å². The second-order valence-corrected chi connectivity index (χ2v) is 6.65. The van der Waals surface area contributed by atoms with Gasteiger partial charge in [-0.2, -0.15) is 0 Å². The Bertz CT molecular complexity index is 659. The van der Waals surface area contributed by atoms with Crippen molar-refractivity contribution in [2.45, 2.75) is 51.6 Å². The molecule has 1 N–H and O–H groups in total. The molecule has 0 bridgehead atoms. The minimum absolute atomic E-state index is 0.543. The Morgan fingerprint density at radius 2 is 1.86 bits per heavy atom. The molecule has 0 radical (unpaired) electrons. The van der Waals surface area contributed by atoms with Crippen LogP contribution >= 0.6 is 0 Å². The molecule has 110 valence electrons. The number of aryl methyl sites for hydroxylation is 2. The number of benzene rings is 2. The van der Waals surface area contributed by atoms with E-state index >= 15 is 0 Å². The van der Waals surface area contributed by atoms with Crippen LogP contribution in [0.4, 0.5) is 0 Å². The fourth-order valence-electron chi connectivity index (χ4n) is 3.53. The van der Waals surface area contributed by atoms with Gasteiger partial charge < -0.3 is 5.11 Å². The molecule has 0 fully saturated rings. The molecule has 1 heteroatoms. The summed E-state index contributed by atoms with van der Waals surface area (Å²) in [6, 6.07) is 14.9. The van der Waals surface area contributed by atoms with E-state index in [4.69, 9.17) is 0 Å².